The monoisotopic (exact) mass is 670 g/mol. The molecular weight excluding hydrogens is 628 g/mol. The van der Waals surface area contributed by atoms with Crippen LogP contribution in [0.3, 0.4) is 0 Å². The number of pyridine rings is 1. The Labute approximate surface area is 274 Å². The van der Waals surface area contributed by atoms with Gasteiger partial charge in [0.05, 0.1) is 21.5 Å². The van der Waals surface area contributed by atoms with Gasteiger partial charge in [0.1, 0.15) is 22.4 Å². The topological polar surface area (TPSA) is 102 Å². The van der Waals surface area contributed by atoms with E-state index in [1.54, 1.807) is 0 Å². The average molecular weight is 671 g/mol. The lowest BCUT2D eigenvalue weighted by atomic mass is 9.73. The van der Waals surface area contributed by atoms with E-state index >= 15 is 4.39 Å². The van der Waals surface area contributed by atoms with Gasteiger partial charge in [0.25, 0.3) is 0 Å². The van der Waals surface area contributed by atoms with Crippen molar-refractivity contribution in [3.63, 3.8) is 0 Å². The molecule has 9 nitrogen and oxygen atoms in total. The van der Waals surface area contributed by atoms with Crippen LogP contribution in [0.1, 0.15) is 50.6 Å². The highest BCUT2D eigenvalue weighted by Gasteiger charge is 2.46. The molecule has 6 heterocycles. The number of alkyl halides is 5. The molecule has 3 N–H and O–H groups in total. The van der Waals surface area contributed by atoms with E-state index in [0.717, 1.165) is 36.8 Å². The Kier molecular flexibility index (Phi) is 6.47. The molecule has 7 rings (SSSR count). The van der Waals surface area contributed by atoms with E-state index in [0.29, 0.717) is 13.0 Å². The predicted molar refractivity (Wildman–Crippen MR) is 163 cm³/mol. The summed E-state index contributed by atoms with van der Waals surface area (Å²) in [6.45, 7) is -3.92. The molecule has 0 saturated carbocycles. The Balaban J connectivity index is 1.44. The number of hydrogen-bond acceptors (Lipinski definition) is 9. The molecule has 2 unspecified atom stereocenters. The maximum atomic E-state index is 17.0. The highest BCUT2D eigenvalue weighted by molar-refractivity contribution is 5.97. The minimum atomic E-state index is -4.95. The van der Waals surface area contributed by atoms with Crippen LogP contribution in [-0.4, -0.2) is 84.2 Å². The minimum Gasteiger partial charge on any atom is -0.477 e. The maximum Gasteiger partial charge on any atom is 0.417 e. The van der Waals surface area contributed by atoms with Crippen LogP contribution in [0.25, 0.3) is 22.2 Å². The molecule has 0 amide bonds. The van der Waals surface area contributed by atoms with Crippen molar-refractivity contribution in [1.82, 2.24) is 25.2 Å². The van der Waals surface area contributed by atoms with Crippen LogP contribution >= 0.6 is 0 Å². The summed E-state index contributed by atoms with van der Waals surface area (Å²) in [5, 5.41) is 3.45. The number of halogens is 6. The number of nitrogens with two attached hydrogens (primary N) is 1. The first-order chi connectivity index (χ1) is 24.2. The van der Waals surface area contributed by atoms with E-state index in [1.165, 1.54) is 6.92 Å². The van der Waals surface area contributed by atoms with E-state index in [1.807, 2.05) is 4.90 Å². The molecule has 47 heavy (non-hydrogen) atoms. The van der Waals surface area contributed by atoms with E-state index in [9.17, 15) is 22.0 Å². The van der Waals surface area contributed by atoms with E-state index in [4.69, 9.17) is 22.1 Å². The molecule has 0 spiro atoms. The number of aryl methyl sites for hydroxylation is 1. The quantitative estimate of drug-likeness (QED) is 0.272. The van der Waals surface area contributed by atoms with Crippen molar-refractivity contribution in [2.24, 2.45) is 11.3 Å². The molecule has 3 aromatic rings. The van der Waals surface area contributed by atoms with Gasteiger partial charge in [-0.15, -0.1) is 0 Å². The lowest BCUT2D eigenvalue weighted by Crippen LogP contribution is -2.59. The fraction of sp³-hybridized carbons (Fsp3) is 0.594. The molecule has 3 fully saturated rings. The number of fused-ring (bicyclic) bond motifs is 5. The van der Waals surface area contributed by atoms with Gasteiger partial charge in [-0.3, -0.25) is 0 Å². The molecule has 0 radical (unpaired) electrons. The predicted octanol–water partition coefficient (Wildman–Crippen LogP) is 5.43. The van der Waals surface area contributed by atoms with Crippen molar-refractivity contribution in [1.29, 1.82) is 0 Å². The SMILES string of the molecule is [2H]C([2H])([2H])N1CCC(C(F)F)C(C)(C([2H])([2H])Oc2nc3c4c(nc(-c5cc(N)cc(C)c5C(F)(F)F)c(F)c4n2)OCC[C@@H]2[C@@H]4CC[C@H](CN32)N4)C1. The molecule has 4 aliphatic heterocycles. The third-order valence-corrected chi connectivity index (χ3v) is 9.82. The molecule has 3 saturated heterocycles. The molecule has 254 valence electrons. The van der Waals surface area contributed by atoms with Gasteiger partial charge in [0, 0.05) is 64.3 Å². The Morgan fingerprint density at radius 3 is 2.77 bits per heavy atom. The van der Waals surface area contributed by atoms with Crippen LogP contribution in [0.4, 0.5) is 37.8 Å². The summed E-state index contributed by atoms with van der Waals surface area (Å²) in [4.78, 5) is 15.8. The number of ether oxygens (including phenoxy) is 2. The number of hydrogen-bond donors (Lipinski definition) is 2. The van der Waals surface area contributed by atoms with Gasteiger partial charge in [-0.05, 0) is 57.4 Å². The molecule has 2 bridgehead atoms. The van der Waals surface area contributed by atoms with E-state index in [2.05, 4.69) is 20.3 Å². The summed E-state index contributed by atoms with van der Waals surface area (Å²) in [5.74, 6) is -3.22. The fourth-order valence-corrected chi connectivity index (χ4v) is 7.66. The number of anilines is 2. The van der Waals surface area contributed by atoms with E-state index in [-0.39, 0.29) is 66.0 Å². The van der Waals surface area contributed by atoms with Gasteiger partial charge in [-0.25, -0.2) is 18.2 Å². The van der Waals surface area contributed by atoms with Crippen molar-refractivity contribution >= 4 is 22.4 Å². The third-order valence-electron chi connectivity index (χ3n) is 9.82. The molecule has 0 aliphatic carbocycles. The smallest absolute Gasteiger partial charge is 0.417 e. The molecule has 2 aromatic heterocycles. The molecule has 1 aromatic carbocycles. The van der Waals surface area contributed by atoms with Gasteiger partial charge >= 0.3 is 12.2 Å². The zero-order valence-electron chi connectivity index (χ0n) is 30.6. The second-order valence-electron chi connectivity index (χ2n) is 13.1. The van der Waals surface area contributed by atoms with Gasteiger partial charge in [0.15, 0.2) is 5.82 Å². The Morgan fingerprint density at radius 2 is 2.02 bits per heavy atom. The largest absolute Gasteiger partial charge is 0.477 e. The summed E-state index contributed by atoms with van der Waals surface area (Å²) < 4.78 is 143. The zero-order chi connectivity index (χ0) is 37.7. The Hall–Kier alpha value is -3.59. The fourth-order valence-electron chi connectivity index (χ4n) is 7.66. The van der Waals surface area contributed by atoms with Gasteiger partial charge < -0.3 is 30.3 Å². The van der Waals surface area contributed by atoms with Gasteiger partial charge in [-0.2, -0.15) is 23.1 Å². The Bertz CT molecular complexity index is 1900. The first kappa shape index (κ1) is 26.4. The van der Waals surface area contributed by atoms with Crippen molar-refractivity contribution in [3.8, 4) is 23.1 Å². The first-order valence-corrected chi connectivity index (χ1v) is 15.5. The summed E-state index contributed by atoms with van der Waals surface area (Å²) >= 11 is 0. The number of nitrogens with one attached hydrogen (secondary N) is 1. The van der Waals surface area contributed by atoms with Crippen molar-refractivity contribution < 1.29 is 42.7 Å². The second kappa shape index (κ2) is 11.5. The van der Waals surface area contributed by atoms with Crippen LogP contribution in [0, 0.1) is 24.1 Å². The number of piperidine rings is 1. The number of piperazine rings is 1. The van der Waals surface area contributed by atoms with Crippen molar-refractivity contribution in [2.45, 2.75) is 70.3 Å². The van der Waals surface area contributed by atoms with Crippen LogP contribution in [-0.2, 0) is 6.18 Å². The summed E-state index contributed by atoms with van der Waals surface area (Å²) in [7, 11) is 0. The van der Waals surface area contributed by atoms with Crippen LogP contribution in [0.15, 0.2) is 12.1 Å². The number of aromatic nitrogens is 3. The summed E-state index contributed by atoms with van der Waals surface area (Å²) in [6.07, 6.45) is -6.33. The highest BCUT2D eigenvalue weighted by Crippen LogP contribution is 2.46. The maximum absolute atomic E-state index is 17.0. The van der Waals surface area contributed by atoms with Crippen LogP contribution < -0.4 is 25.4 Å². The molecule has 4 aliphatic rings. The first-order valence-electron chi connectivity index (χ1n) is 18.0. The number of likely N-dealkylation sites (tertiary alicyclic amines) is 1. The second-order valence-corrected chi connectivity index (χ2v) is 13.1. The summed E-state index contributed by atoms with van der Waals surface area (Å²) in [6, 6.07) is 0.977. The molecule has 15 heteroatoms. The number of nitrogens with zero attached hydrogens (tertiary/aromatic N) is 5. The minimum absolute atomic E-state index is 0.00591. The average Bonchev–Trinajstić information content (AvgIpc) is 3.41. The lowest BCUT2D eigenvalue weighted by Gasteiger charge is -2.44. The van der Waals surface area contributed by atoms with E-state index < -0.39 is 78.2 Å². The van der Waals surface area contributed by atoms with Crippen molar-refractivity contribution in [2.75, 3.05) is 50.4 Å². The van der Waals surface area contributed by atoms with Gasteiger partial charge in [0.2, 0.25) is 12.3 Å². The van der Waals surface area contributed by atoms with Gasteiger partial charge in [-0.1, -0.05) is 6.92 Å². The molecular formula is C32H37F6N7O2. The standard InChI is InChI=1S/C32H37F6N7O2/c1-15-10-16(39)11-18(23(15)32(36,37)38)25-24(33)26-22-28(45-12-17-4-5-20(40-17)21(45)7-9-46-29(22)41-25)43-30(42-26)47-14-31(2)13-44(3)8-6-19(31)27(34)35/h10-11,17,19-21,27,40H,4-9,12-14,39H2,1-3H3/t17-,19?,20+,21-,31?/m1/s1/i3D3,14D2. The van der Waals surface area contributed by atoms with Crippen molar-refractivity contribution in [3.05, 3.63) is 29.1 Å². The molecule has 5 atom stereocenters. The van der Waals surface area contributed by atoms with Crippen LogP contribution in [0.2, 0.25) is 0 Å². The number of rotatable bonds is 5. The summed E-state index contributed by atoms with van der Waals surface area (Å²) in [5.41, 5.74) is 0.160. The number of nitrogen functional groups attached to an aromatic ring is 1. The van der Waals surface area contributed by atoms with Crippen LogP contribution in [0.5, 0.6) is 11.9 Å². The highest BCUT2D eigenvalue weighted by atomic mass is 19.4. The normalized spacial score (nSPS) is 30.0. The lowest BCUT2D eigenvalue weighted by molar-refractivity contribution is -0.137. The third kappa shape index (κ3) is 5.58. The number of benzene rings is 1. The zero-order valence-corrected chi connectivity index (χ0v) is 25.6. The Morgan fingerprint density at radius 1 is 1.21 bits per heavy atom.